The number of aromatic carboxylic acids is 2. The maximum absolute atomic E-state index is 10.9. The van der Waals surface area contributed by atoms with Crippen molar-refractivity contribution >= 4 is 11.9 Å². The van der Waals surface area contributed by atoms with E-state index in [0.717, 1.165) is 0 Å². The van der Waals surface area contributed by atoms with Crippen LogP contribution in [0.1, 0.15) is 37.7 Å². The zero-order chi connectivity index (χ0) is 12.5. The first-order chi connectivity index (χ1) is 7.40. The van der Waals surface area contributed by atoms with Crippen LogP contribution < -0.4 is 0 Å². The summed E-state index contributed by atoms with van der Waals surface area (Å²) in [5.74, 6) is -2.76. The van der Waals surface area contributed by atoms with E-state index in [0.29, 0.717) is 11.3 Å². The van der Waals surface area contributed by atoms with Crippen LogP contribution in [0.5, 0.6) is 0 Å². The third-order valence-electron chi connectivity index (χ3n) is 2.36. The highest BCUT2D eigenvalue weighted by molar-refractivity contribution is 6.01. The molecule has 3 N–H and O–H groups in total. The molecule has 0 aliphatic carbocycles. The second-order valence-corrected chi connectivity index (χ2v) is 3.29. The molecule has 0 aliphatic rings. The Morgan fingerprint density at radius 1 is 1.19 bits per heavy atom. The Morgan fingerprint density at radius 3 is 2.12 bits per heavy atom. The topological polar surface area (TPSA) is 108 Å². The highest BCUT2D eigenvalue weighted by atomic mass is 16.4. The van der Waals surface area contributed by atoms with Crippen LogP contribution in [0.25, 0.3) is 0 Å². The summed E-state index contributed by atoms with van der Waals surface area (Å²) in [5, 5.41) is 26.8. The molecule has 6 nitrogen and oxygen atoms in total. The van der Waals surface area contributed by atoms with Gasteiger partial charge in [-0.25, -0.2) is 14.6 Å². The molecule has 1 rings (SSSR count). The molecule has 0 saturated carbocycles. The second-order valence-electron chi connectivity index (χ2n) is 3.29. The lowest BCUT2D eigenvalue weighted by atomic mass is 10.00. The summed E-state index contributed by atoms with van der Waals surface area (Å²) in [5.41, 5.74) is 0.0338. The Balaban J connectivity index is 3.65. The number of carboxylic acid groups (broad SMARTS) is 2. The van der Waals surface area contributed by atoms with Crippen molar-refractivity contribution in [1.82, 2.24) is 4.98 Å². The van der Waals surface area contributed by atoms with E-state index >= 15 is 0 Å². The zero-order valence-corrected chi connectivity index (χ0v) is 8.81. The standard InChI is InChI=1S/C10H11NO5/c1-4-6(3-12)5(2)11-8(10(15)16)7(4)9(13)14/h12H,3H2,1-2H3,(H,13,14)(H,15,16). The number of aliphatic hydroxyl groups is 1. The molecule has 16 heavy (non-hydrogen) atoms. The summed E-state index contributed by atoms with van der Waals surface area (Å²) in [6, 6.07) is 0. The van der Waals surface area contributed by atoms with Crippen molar-refractivity contribution < 1.29 is 24.9 Å². The van der Waals surface area contributed by atoms with E-state index in [2.05, 4.69) is 4.98 Å². The predicted molar refractivity (Wildman–Crippen MR) is 53.6 cm³/mol. The fourth-order valence-corrected chi connectivity index (χ4v) is 1.54. The number of aliphatic hydroxyl groups excluding tert-OH is 1. The lowest BCUT2D eigenvalue weighted by molar-refractivity contribution is 0.0645. The predicted octanol–water partition coefficient (Wildman–Crippen LogP) is 0.587. The molecule has 0 bridgehead atoms. The van der Waals surface area contributed by atoms with Crippen molar-refractivity contribution in [3.63, 3.8) is 0 Å². The van der Waals surface area contributed by atoms with Crippen LogP contribution in [-0.4, -0.2) is 32.2 Å². The molecule has 0 aliphatic heterocycles. The van der Waals surface area contributed by atoms with Crippen LogP contribution >= 0.6 is 0 Å². The smallest absolute Gasteiger partial charge is 0.355 e. The average Bonchev–Trinajstić information content (AvgIpc) is 2.16. The number of pyridine rings is 1. The summed E-state index contributed by atoms with van der Waals surface area (Å²) in [7, 11) is 0. The molecule has 0 fully saturated rings. The van der Waals surface area contributed by atoms with Crippen LogP contribution in [0, 0.1) is 13.8 Å². The van der Waals surface area contributed by atoms with Gasteiger partial charge < -0.3 is 15.3 Å². The second kappa shape index (κ2) is 4.28. The highest BCUT2D eigenvalue weighted by Gasteiger charge is 2.23. The summed E-state index contributed by atoms with van der Waals surface area (Å²) in [6.45, 7) is 2.61. The van der Waals surface area contributed by atoms with Gasteiger partial charge in [-0.05, 0) is 19.4 Å². The summed E-state index contributed by atoms with van der Waals surface area (Å²) in [4.78, 5) is 25.5. The molecule has 1 aromatic rings. The molecule has 0 atom stereocenters. The lowest BCUT2D eigenvalue weighted by Crippen LogP contribution is -2.16. The van der Waals surface area contributed by atoms with Gasteiger partial charge >= 0.3 is 11.9 Å². The molecule has 6 heteroatoms. The number of carbonyl (C=O) groups is 2. The minimum atomic E-state index is -1.40. The summed E-state index contributed by atoms with van der Waals surface area (Å²) < 4.78 is 0. The SMILES string of the molecule is Cc1nc(C(=O)O)c(C(=O)O)c(C)c1CO. The third kappa shape index (κ3) is 1.87. The number of aryl methyl sites for hydroxylation is 1. The van der Waals surface area contributed by atoms with E-state index in [1.165, 1.54) is 13.8 Å². The van der Waals surface area contributed by atoms with Gasteiger partial charge in [0.2, 0.25) is 0 Å². The van der Waals surface area contributed by atoms with Gasteiger partial charge in [-0.2, -0.15) is 0 Å². The fraction of sp³-hybridized carbons (Fsp3) is 0.300. The molecule has 0 amide bonds. The van der Waals surface area contributed by atoms with Crippen molar-refractivity contribution in [3.8, 4) is 0 Å². The van der Waals surface area contributed by atoms with Gasteiger partial charge in [-0.1, -0.05) is 0 Å². The Hall–Kier alpha value is -1.95. The summed E-state index contributed by atoms with van der Waals surface area (Å²) >= 11 is 0. The maximum Gasteiger partial charge on any atom is 0.355 e. The van der Waals surface area contributed by atoms with Gasteiger partial charge in [-0.3, -0.25) is 0 Å². The van der Waals surface area contributed by atoms with Gasteiger partial charge in [0.25, 0.3) is 0 Å². The molecule has 1 heterocycles. The highest BCUT2D eigenvalue weighted by Crippen LogP contribution is 2.20. The number of nitrogens with zero attached hydrogens (tertiary/aromatic N) is 1. The Labute approximate surface area is 91.2 Å². The largest absolute Gasteiger partial charge is 0.478 e. The van der Waals surface area contributed by atoms with Crippen LogP contribution in [-0.2, 0) is 6.61 Å². The normalized spacial score (nSPS) is 10.2. The number of carboxylic acids is 2. The maximum atomic E-state index is 10.9. The number of hydrogen-bond donors (Lipinski definition) is 3. The first kappa shape index (κ1) is 12.1. The van der Waals surface area contributed by atoms with E-state index in [4.69, 9.17) is 15.3 Å². The van der Waals surface area contributed by atoms with Crippen molar-refractivity contribution in [3.05, 3.63) is 28.1 Å². The molecule has 0 radical (unpaired) electrons. The number of aromatic nitrogens is 1. The molecule has 0 spiro atoms. The van der Waals surface area contributed by atoms with Crippen LogP contribution in [0.2, 0.25) is 0 Å². The zero-order valence-electron chi connectivity index (χ0n) is 8.81. The molecule has 1 aromatic heterocycles. The van der Waals surface area contributed by atoms with E-state index in [1.807, 2.05) is 0 Å². The first-order valence-corrected chi connectivity index (χ1v) is 4.47. The molecular weight excluding hydrogens is 214 g/mol. The van der Waals surface area contributed by atoms with E-state index in [-0.39, 0.29) is 17.7 Å². The first-order valence-electron chi connectivity index (χ1n) is 4.47. The minimum absolute atomic E-state index is 0.236. The average molecular weight is 225 g/mol. The number of hydrogen-bond acceptors (Lipinski definition) is 4. The quantitative estimate of drug-likeness (QED) is 0.694. The molecule has 0 saturated heterocycles. The van der Waals surface area contributed by atoms with Gasteiger partial charge in [0.05, 0.1) is 12.2 Å². The Morgan fingerprint density at radius 2 is 1.75 bits per heavy atom. The van der Waals surface area contributed by atoms with Crippen LogP contribution in [0.3, 0.4) is 0 Å². The van der Waals surface area contributed by atoms with Crippen LogP contribution in [0.4, 0.5) is 0 Å². The van der Waals surface area contributed by atoms with Crippen LogP contribution in [0.15, 0.2) is 0 Å². The minimum Gasteiger partial charge on any atom is -0.478 e. The third-order valence-corrected chi connectivity index (χ3v) is 2.36. The van der Waals surface area contributed by atoms with Crippen molar-refractivity contribution in [2.75, 3.05) is 0 Å². The van der Waals surface area contributed by atoms with Crippen molar-refractivity contribution in [2.45, 2.75) is 20.5 Å². The Kier molecular flexibility index (Phi) is 3.24. The van der Waals surface area contributed by atoms with Crippen molar-refractivity contribution in [1.29, 1.82) is 0 Å². The lowest BCUT2D eigenvalue weighted by Gasteiger charge is -2.11. The van der Waals surface area contributed by atoms with Gasteiger partial charge in [0.1, 0.15) is 0 Å². The van der Waals surface area contributed by atoms with E-state index < -0.39 is 17.6 Å². The van der Waals surface area contributed by atoms with Gasteiger partial charge in [-0.15, -0.1) is 0 Å². The molecular formula is C10H11NO5. The monoisotopic (exact) mass is 225 g/mol. The fourth-order valence-electron chi connectivity index (χ4n) is 1.54. The molecule has 0 aromatic carbocycles. The Bertz CT molecular complexity index is 467. The van der Waals surface area contributed by atoms with Gasteiger partial charge in [0, 0.05) is 11.3 Å². The van der Waals surface area contributed by atoms with Gasteiger partial charge in [0.15, 0.2) is 5.69 Å². The summed E-state index contributed by atoms with van der Waals surface area (Å²) in [6.07, 6.45) is 0. The van der Waals surface area contributed by atoms with E-state index in [1.54, 1.807) is 0 Å². The molecule has 0 unspecified atom stereocenters. The van der Waals surface area contributed by atoms with Crippen molar-refractivity contribution in [2.24, 2.45) is 0 Å². The number of rotatable bonds is 3. The van der Waals surface area contributed by atoms with E-state index in [9.17, 15) is 9.59 Å². The molecule has 86 valence electrons.